The fraction of sp³-hybridized carbons (Fsp3) is 0.545. The van der Waals surface area contributed by atoms with Gasteiger partial charge < -0.3 is 9.84 Å². The molecule has 1 heterocycles. The molecule has 1 N–H and O–H groups in total. The molecular weight excluding hydrogens is 178 g/mol. The zero-order chi connectivity index (χ0) is 10.0. The van der Waals surface area contributed by atoms with E-state index in [4.69, 9.17) is 4.74 Å². The summed E-state index contributed by atoms with van der Waals surface area (Å²) in [4.78, 5) is 4.03. The summed E-state index contributed by atoms with van der Waals surface area (Å²) in [5.41, 5.74) is 0.813. The fourth-order valence-corrected chi connectivity index (χ4v) is 1.49. The normalized spacial score (nSPS) is 17.9. The topological polar surface area (TPSA) is 42.4 Å². The van der Waals surface area contributed by atoms with Gasteiger partial charge in [0.05, 0.1) is 12.7 Å². The number of hydrogen-bond acceptors (Lipinski definition) is 3. The first-order valence-electron chi connectivity index (χ1n) is 4.93. The highest BCUT2D eigenvalue weighted by Crippen LogP contribution is 2.39. The molecule has 0 atom stereocenters. The molecular formula is C11H15NO2. The van der Waals surface area contributed by atoms with Crippen molar-refractivity contribution < 1.29 is 9.84 Å². The van der Waals surface area contributed by atoms with Crippen molar-refractivity contribution in [3.63, 3.8) is 0 Å². The smallest absolute Gasteiger partial charge is 0.213 e. The van der Waals surface area contributed by atoms with Crippen molar-refractivity contribution in [3.8, 4) is 5.88 Å². The number of nitrogens with zero attached hydrogens (tertiary/aromatic N) is 1. The van der Waals surface area contributed by atoms with Crippen LogP contribution in [-0.4, -0.2) is 22.8 Å². The molecule has 0 unspecified atom stereocenters. The van der Waals surface area contributed by atoms with Gasteiger partial charge in [-0.3, -0.25) is 0 Å². The second-order valence-electron chi connectivity index (χ2n) is 3.93. The number of aryl methyl sites for hydroxylation is 1. The van der Waals surface area contributed by atoms with Crippen LogP contribution in [-0.2, 0) is 6.42 Å². The third-order valence-corrected chi connectivity index (χ3v) is 2.71. The maximum Gasteiger partial charge on any atom is 0.213 e. The van der Waals surface area contributed by atoms with Crippen molar-refractivity contribution >= 4 is 0 Å². The molecule has 3 nitrogen and oxygen atoms in total. The molecule has 1 aliphatic rings. The van der Waals surface area contributed by atoms with Crippen LogP contribution in [0.15, 0.2) is 18.3 Å². The van der Waals surface area contributed by atoms with Gasteiger partial charge in [0.25, 0.3) is 0 Å². The molecule has 1 fully saturated rings. The minimum Gasteiger partial charge on any atom is -0.481 e. The highest BCUT2D eigenvalue weighted by molar-refractivity contribution is 5.21. The van der Waals surface area contributed by atoms with E-state index >= 15 is 0 Å². The van der Waals surface area contributed by atoms with Gasteiger partial charge in [-0.05, 0) is 37.3 Å². The van der Waals surface area contributed by atoms with Crippen LogP contribution in [0.3, 0.4) is 0 Å². The van der Waals surface area contributed by atoms with E-state index in [-0.39, 0.29) is 5.60 Å². The molecule has 0 amide bonds. The summed E-state index contributed by atoms with van der Waals surface area (Å²) in [6.45, 7) is 0. The molecule has 0 spiro atoms. The Bertz CT molecular complexity index is 321. The number of pyridine rings is 1. The molecule has 0 radical (unpaired) electrons. The Morgan fingerprint density at radius 2 is 2.36 bits per heavy atom. The molecule has 0 bridgehead atoms. The van der Waals surface area contributed by atoms with Crippen molar-refractivity contribution in [3.05, 3.63) is 23.9 Å². The predicted molar refractivity (Wildman–Crippen MR) is 53.3 cm³/mol. The molecule has 1 aromatic heterocycles. The van der Waals surface area contributed by atoms with Gasteiger partial charge in [-0.25, -0.2) is 4.98 Å². The van der Waals surface area contributed by atoms with E-state index in [0.717, 1.165) is 25.7 Å². The maximum absolute atomic E-state index is 9.67. The molecule has 0 saturated heterocycles. The molecule has 3 heteroatoms. The van der Waals surface area contributed by atoms with E-state index in [9.17, 15) is 5.11 Å². The van der Waals surface area contributed by atoms with E-state index in [1.165, 1.54) is 5.56 Å². The summed E-state index contributed by atoms with van der Waals surface area (Å²) in [6.07, 6.45) is 5.39. The lowest BCUT2D eigenvalue weighted by molar-refractivity contribution is 0.140. The lowest BCUT2D eigenvalue weighted by Crippen LogP contribution is -2.07. The van der Waals surface area contributed by atoms with E-state index in [1.807, 2.05) is 12.1 Å². The lowest BCUT2D eigenvalue weighted by atomic mass is 10.1. The second-order valence-corrected chi connectivity index (χ2v) is 3.93. The third kappa shape index (κ3) is 2.23. The Labute approximate surface area is 83.7 Å². The number of rotatable bonds is 4. The van der Waals surface area contributed by atoms with E-state index in [0.29, 0.717) is 5.88 Å². The molecule has 76 valence electrons. The van der Waals surface area contributed by atoms with Crippen molar-refractivity contribution in [2.75, 3.05) is 7.11 Å². The fourth-order valence-electron chi connectivity index (χ4n) is 1.49. The van der Waals surface area contributed by atoms with Gasteiger partial charge in [0.15, 0.2) is 0 Å². The Kier molecular flexibility index (Phi) is 2.42. The second kappa shape index (κ2) is 3.58. The highest BCUT2D eigenvalue weighted by Gasteiger charge is 2.39. The zero-order valence-corrected chi connectivity index (χ0v) is 8.36. The Balaban J connectivity index is 1.94. The van der Waals surface area contributed by atoms with Crippen molar-refractivity contribution in [1.82, 2.24) is 4.98 Å². The average molecular weight is 193 g/mol. The summed E-state index contributed by atoms with van der Waals surface area (Å²) in [6, 6.07) is 3.89. The summed E-state index contributed by atoms with van der Waals surface area (Å²) < 4.78 is 5.03. The van der Waals surface area contributed by atoms with Crippen LogP contribution in [0, 0.1) is 0 Å². The Morgan fingerprint density at radius 1 is 1.57 bits per heavy atom. The number of hydrogen-bond donors (Lipinski definition) is 1. The molecule has 0 aliphatic heterocycles. The van der Waals surface area contributed by atoms with Gasteiger partial charge in [-0.15, -0.1) is 0 Å². The van der Waals surface area contributed by atoms with Gasteiger partial charge in [-0.2, -0.15) is 0 Å². The maximum atomic E-state index is 9.67. The number of methoxy groups -OCH3 is 1. The minimum atomic E-state index is -0.365. The first-order valence-corrected chi connectivity index (χ1v) is 4.93. The summed E-state index contributed by atoms with van der Waals surface area (Å²) in [5.74, 6) is 0.644. The molecule has 14 heavy (non-hydrogen) atoms. The highest BCUT2D eigenvalue weighted by atomic mass is 16.5. The van der Waals surface area contributed by atoms with Crippen LogP contribution in [0.1, 0.15) is 24.8 Å². The first kappa shape index (κ1) is 9.46. The van der Waals surface area contributed by atoms with Gasteiger partial charge >= 0.3 is 0 Å². The number of aromatic nitrogens is 1. The van der Waals surface area contributed by atoms with Crippen LogP contribution in [0.4, 0.5) is 0 Å². The quantitative estimate of drug-likeness (QED) is 0.788. The van der Waals surface area contributed by atoms with Crippen molar-refractivity contribution in [2.24, 2.45) is 0 Å². The van der Waals surface area contributed by atoms with Crippen LogP contribution < -0.4 is 4.74 Å². The van der Waals surface area contributed by atoms with Crippen LogP contribution in [0.25, 0.3) is 0 Å². The summed E-state index contributed by atoms with van der Waals surface area (Å²) in [5, 5.41) is 9.67. The molecule has 2 rings (SSSR count). The zero-order valence-electron chi connectivity index (χ0n) is 8.36. The van der Waals surface area contributed by atoms with Gasteiger partial charge in [0.1, 0.15) is 0 Å². The molecule has 1 aliphatic carbocycles. The predicted octanol–water partition coefficient (Wildman–Crippen LogP) is 1.55. The molecule has 1 saturated carbocycles. The Hall–Kier alpha value is -1.09. The number of aliphatic hydroxyl groups is 1. The van der Waals surface area contributed by atoms with E-state index < -0.39 is 0 Å². The van der Waals surface area contributed by atoms with Crippen LogP contribution >= 0.6 is 0 Å². The Morgan fingerprint density at radius 3 is 3.00 bits per heavy atom. The van der Waals surface area contributed by atoms with E-state index in [2.05, 4.69) is 4.98 Å². The lowest BCUT2D eigenvalue weighted by Gasteiger charge is -2.07. The first-order chi connectivity index (χ1) is 6.72. The van der Waals surface area contributed by atoms with Crippen LogP contribution in [0.2, 0.25) is 0 Å². The van der Waals surface area contributed by atoms with Crippen molar-refractivity contribution in [2.45, 2.75) is 31.3 Å². The average Bonchev–Trinajstić information content (AvgIpc) is 2.95. The monoisotopic (exact) mass is 193 g/mol. The summed E-state index contributed by atoms with van der Waals surface area (Å²) >= 11 is 0. The van der Waals surface area contributed by atoms with E-state index in [1.54, 1.807) is 13.3 Å². The standard InChI is InChI=1S/C11H15NO2/c1-14-10-8-9(3-7-12-10)2-4-11(13)5-6-11/h3,7-8,13H,2,4-6H2,1H3. The SMILES string of the molecule is COc1cc(CCC2(O)CC2)ccn1. The van der Waals surface area contributed by atoms with Gasteiger partial charge in [0.2, 0.25) is 5.88 Å². The largest absolute Gasteiger partial charge is 0.481 e. The van der Waals surface area contributed by atoms with Crippen molar-refractivity contribution in [1.29, 1.82) is 0 Å². The van der Waals surface area contributed by atoms with Crippen LogP contribution in [0.5, 0.6) is 5.88 Å². The summed E-state index contributed by atoms with van der Waals surface area (Å²) in [7, 11) is 1.61. The minimum absolute atomic E-state index is 0.365. The third-order valence-electron chi connectivity index (χ3n) is 2.71. The van der Waals surface area contributed by atoms with Gasteiger partial charge in [-0.1, -0.05) is 0 Å². The van der Waals surface area contributed by atoms with Gasteiger partial charge in [0, 0.05) is 12.3 Å². The molecule has 0 aromatic carbocycles. The number of ether oxygens (including phenoxy) is 1. The molecule has 1 aromatic rings.